The second-order valence-corrected chi connectivity index (χ2v) is 5.28. The van der Waals surface area contributed by atoms with Gasteiger partial charge < -0.3 is 14.2 Å². The SMILES string of the molecule is CC(C)N1CCCC(Cc2nc(CC=O)no2)C1. The number of piperidine rings is 1. The molecule has 5 heteroatoms. The molecule has 1 aliphatic rings. The lowest BCUT2D eigenvalue weighted by molar-refractivity contribution is -0.107. The Bertz CT molecular complexity index is 389. The molecule has 1 aliphatic heterocycles. The first-order chi connectivity index (χ1) is 8.69. The Morgan fingerprint density at radius 3 is 3.11 bits per heavy atom. The molecule has 1 saturated heterocycles. The van der Waals surface area contributed by atoms with E-state index in [9.17, 15) is 4.79 Å². The number of carbonyl (C=O) groups excluding carboxylic acids is 1. The summed E-state index contributed by atoms with van der Waals surface area (Å²) in [6, 6.07) is 0.598. The topological polar surface area (TPSA) is 59.2 Å². The van der Waals surface area contributed by atoms with Gasteiger partial charge in [-0.25, -0.2) is 0 Å². The molecule has 18 heavy (non-hydrogen) atoms. The van der Waals surface area contributed by atoms with E-state index in [-0.39, 0.29) is 6.42 Å². The summed E-state index contributed by atoms with van der Waals surface area (Å²) < 4.78 is 5.18. The van der Waals surface area contributed by atoms with Gasteiger partial charge in [0.25, 0.3) is 0 Å². The minimum absolute atomic E-state index is 0.242. The lowest BCUT2D eigenvalue weighted by Gasteiger charge is -2.34. The van der Waals surface area contributed by atoms with E-state index in [1.165, 1.54) is 19.4 Å². The number of carbonyl (C=O) groups is 1. The first-order valence-electron chi connectivity index (χ1n) is 6.68. The maximum Gasteiger partial charge on any atom is 0.226 e. The van der Waals surface area contributed by atoms with Gasteiger partial charge in [0.1, 0.15) is 6.29 Å². The fraction of sp³-hybridized carbons (Fsp3) is 0.769. The normalized spacial score (nSPS) is 21.4. The van der Waals surface area contributed by atoms with Crippen LogP contribution in [0.2, 0.25) is 0 Å². The smallest absolute Gasteiger partial charge is 0.226 e. The van der Waals surface area contributed by atoms with E-state index in [0.29, 0.717) is 23.7 Å². The molecule has 0 spiro atoms. The number of aldehydes is 1. The molecule has 1 unspecified atom stereocenters. The molecule has 2 rings (SSSR count). The summed E-state index contributed by atoms with van der Waals surface area (Å²) in [6.45, 7) is 6.76. The van der Waals surface area contributed by atoms with Crippen LogP contribution in [-0.4, -0.2) is 40.5 Å². The van der Waals surface area contributed by atoms with Crippen LogP contribution in [0.25, 0.3) is 0 Å². The lowest BCUT2D eigenvalue weighted by Crippen LogP contribution is -2.40. The number of hydrogen-bond acceptors (Lipinski definition) is 5. The average Bonchev–Trinajstić information content (AvgIpc) is 2.77. The van der Waals surface area contributed by atoms with Crippen LogP contribution in [0.1, 0.15) is 38.4 Å². The molecule has 100 valence electrons. The van der Waals surface area contributed by atoms with Crippen molar-refractivity contribution in [2.45, 2.75) is 45.6 Å². The second-order valence-electron chi connectivity index (χ2n) is 5.28. The first kappa shape index (κ1) is 13.2. The molecule has 1 fully saturated rings. The summed E-state index contributed by atoms with van der Waals surface area (Å²) in [5.74, 6) is 1.75. The molecule has 0 amide bonds. The highest BCUT2D eigenvalue weighted by Gasteiger charge is 2.23. The predicted molar refractivity (Wildman–Crippen MR) is 67.2 cm³/mol. The van der Waals surface area contributed by atoms with Crippen molar-refractivity contribution in [3.05, 3.63) is 11.7 Å². The molecular formula is C13H21N3O2. The Balaban J connectivity index is 1.89. The van der Waals surface area contributed by atoms with Crippen LogP contribution in [0.3, 0.4) is 0 Å². The van der Waals surface area contributed by atoms with Crippen molar-refractivity contribution in [3.63, 3.8) is 0 Å². The molecule has 0 aliphatic carbocycles. The van der Waals surface area contributed by atoms with Crippen molar-refractivity contribution in [1.29, 1.82) is 0 Å². The van der Waals surface area contributed by atoms with Crippen LogP contribution in [0, 0.1) is 5.92 Å². The van der Waals surface area contributed by atoms with Crippen LogP contribution < -0.4 is 0 Å². The van der Waals surface area contributed by atoms with Gasteiger partial charge in [-0.3, -0.25) is 0 Å². The highest BCUT2D eigenvalue weighted by molar-refractivity contribution is 5.52. The standard InChI is InChI=1S/C13H21N3O2/c1-10(2)16-6-3-4-11(9-16)8-13-14-12(5-7-17)15-18-13/h7,10-11H,3-6,8-9H2,1-2H3. The van der Waals surface area contributed by atoms with Crippen LogP contribution in [-0.2, 0) is 17.6 Å². The molecule has 1 aromatic heterocycles. The Kier molecular flexibility index (Phi) is 4.47. The van der Waals surface area contributed by atoms with E-state index < -0.39 is 0 Å². The zero-order valence-corrected chi connectivity index (χ0v) is 11.1. The summed E-state index contributed by atoms with van der Waals surface area (Å²) in [5, 5.41) is 3.79. The van der Waals surface area contributed by atoms with Gasteiger partial charge in [0.2, 0.25) is 5.89 Å². The average molecular weight is 251 g/mol. The van der Waals surface area contributed by atoms with Gasteiger partial charge in [0.05, 0.1) is 6.42 Å². The quantitative estimate of drug-likeness (QED) is 0.742. The molecule has 0 aromatic carbocycles. The van der Waals surface area contributed by atoms with Gasteiger partial charge in [-0.05, 0) is 39.2 Å². The number of rotatable bonds is 5. The van der Waals surface area contributed by atoms with E-state index in [1.54, 1.807) is 0 Å². The molecule has 5 nitrogen and oxygen atoms in total. The van der Waals surface area contributed by atoms with Crippen molar-refractivity contribution in [2.75, 3.05) is 13.1 Å². The predicted octanol–water partition coefficient (Wildman–Crippen LogP) is 1.47. The summed E-state index contributed by atoms with van der Waals surface area (Å²) >= 11 is 0. The van der Waals surface area contributed by atoms with E-state index in [4.69, 9.17) is 4.52 Å². The van der Waals surface area contributed by atoms with Gasteiger partial charge in [-0.2, -0.15) is 4.98 Å². The minimum atomic E-state index is 0.242. The third-order valence-corrected chi connectivity index (χ3v) is 3.52. The summed E-state index contributed by atoms with van der Waals surface area (Å²) in [4.78, 5) is 17.1. The Labute approximate surface area is 108 Å². The maximum atomic E-state index is 10.4. The van der Waals surface area contributed by atoms with Crippen LogP contribution in [0.4, 0.5) is 0 Å². The third kappa shape index (κ3) is 3.38. The van der Waals surface area contributed by atoms with Crippen molar-refractivity contribution in [2.24, 2.45) is 5.92 Å². The van der Waals surface area contributed by atoms with Gasteiger partial charge in [0.15, 0.2) is 5.82 Å². The molecular weight excluding hydrogens is 230 g/mol. The highest BCUT2D eigenvalue weighted by atomic mass is 16.5. The van der Waals surface area contributed by atoms with Crippen molar-refractivity contribution < 1.29 is 9.32 Å². The van der Waals surface area contributed by atoms with E-state index >= 15 is 0 Å². The first-order valence-corrected chi connectivity index (χ1v) is 6.68. The Morgan fingerprint density at radius 2 is 2.39 bits per heavy atom. The Morgan fingerprint density at radius 1 is 1.56 bits per heavy atom. The minimum Gasteiger partial charge on any atom is -0.339 e. The fourth-order valence-corrected chi connectivity index (χ4v) is 2.51. The summed E-state index contributed by atoms with van der Waals surface area (Å²) in [5.41, 5.74) is 0. The summed E-state index contributed by atoms with van der Waals surface area (Å²) in [6.07, 6.45) is 4.32. The van der Waals surface area contributed by atoms with Gasteiger partial charge in [0, 0.05) is 19.0 Å². The van der Waals surface area contributed by atoms with Crippen LogP contribution in [0.15, 0.2) is 4.52 Å². The Hall–Kier alpha value is -1.23. The monoisotopic (exact) mass is 251 g/mol. The number of aromatic nitrogens is 2. The zero-order chi connectivity index (χ0) is 13.0. The molecule has 0 N–H and O–H groups in total. The molecule has 1 aromatic rings. The maximum absolute atomic E-state index is 10.4. The second kappa shape index (κ2) is 6.09. The van der Waals surface area contributed by atoms with Crippen LogP contribution >= 0.6 is 0 Å². The molecule has 0 saturated carbocycles. The van der Waals surface area contributed by atoms with Crippen molar-refractivity contribution in [1.82, 2.24) is 15.0 Å². The van der Waals surface area contributed by atoms with Crippen LogP contribution in [0.5, 0.6) is 0 Å². The number of nitrogens with zero attached hydrogens (tertiary/aromatic N) is 3. The number of hydrogen-bond donors (Lipinski definition) is 0. The lowest BCUT2D eigenvalue weighted by atomic mass is 9.94. The van der Waals surface area contributed by atoms with Gasteiger partial charge in [-0.15, -0.1) is 0 Å². The largest absolute Gasteiger partial charge is 0.339 e. The van der Waals surface area contributed by atoms with E-state index in [0.717, 1.165) is 19.3 Å². The molecule has 0 bridgehead atoms. The zero-order valence-electron chi connectivity index (χ0n) is 11.1. The van der Waals surface area contributed by atoms with Gasteiger partial charge in [-0.1, -0.05) is 5.16 Å². The molecule has 2 heterocycles. The fourth-order valence-electron chi connectivity index (χ4n) is 2.51. The summed E-state index contributed by atoms with van der Waals surface area (Å²) in [7, 11) is 0. The molecule has 0 radical (unpaired) electrons. The third-order valence-electron chi connectivity index (χ3n) is 3.52. The highest BCUT2D eigenvalue weighted by Crippen LogP contribution is 2.21. The van der Waals surface area contributed by atoms with E-state index in [1.807, 2.05) is 0 Å². The molecule has 1 atom stereocenters. The number of likely N-dealkylation sites (tertiary alicyclic amines) is 1. The van der Waals surface area contributed by atoms with E-state index in [2.05, 4.69) is 28.9 Å². The van der Waals surface area contributed by atoms with Crippen molar-refractivity contribution >= 4 is 6.29 Å². The van der Waals surface area contributed by atoms with Crippen molar-refractivity contribution in [3.8, 4) is 0 Å². The van der Waals surface area contributed by atoms with Gasteiger partial charge >= 0.3 is 0 Å².